The largest absolute Gasteiger partial charge is 0.466 e. The van der Waals surface area contributed by atoms with Crippen LogP contribution in [0.2, 0.25) is 0 Å². The number of carbonyl (C=O) groups excluding carboxylic acids is 1. The van der Waals surface area contributed by atoms with Gasteiger partial charge in [-0.2, -0.15) is 5.26 Å². The van der Waals surface area contributed by atoms with E-state index in [4.69, 9.17) is 10.00 Å². The zero-order chi connectivity index (χ0) is 26.6. The van der Waals surface area contributed by atoms with Gasteiger partial charge in [0.25, 0.3) is 5.56 Å². The number of ether oxygens (including phenoxy) is 1. The number of fused-ring (bicyclic) bond motifs is 1. The van der Waals surface area contributed by atoms with Crippen LogP contribution in [0.1, 0.15) is 55.8 Å². The number of hydrogen-bond donors (Lipinski definition) is 0. The predicted molar refractivity (Wildman–Crippen MR) is 141 cm³/mol. The molecular weight excluding hydrogens is 492 g/mol. The molecule has 9 nitrogen and oxygen atoms in total. The molecule has 0 amide bonds. The highest BCUT2D eigenvalue weighted by Gasteiger charge is 2.33. The Bertz CT molecular complexity index is 1500. The Labute approximate surface area is 216 Å². The van der Waals surface area contributed by atoms with Gasteiger partial charge >= 0.3 is 5.97 Å². The predicted octanol–water partition coefficient (Wildman–Crippen LogP) is 3.43. The smallest absolute Gasteiger partial charge is 0.306 e. The molecule has 0 aliphatic heterocycles. The molecule has 3 aromatic rings. The van der Waals surface area contributed by atoms with Crippen LogP contribution in [0, 0.1) is 11.3 Å². The average molecular weight is 523 g/mol. The molecule has 0 unspecified atom stereocenters. The number of esters is 1. The number of hydrogen-bond acceptors (Lipinski definition) is 7. The van der Waals surface area contributed by atoms with E-state index in [1.165, 1.54) is 8.87 Å². The lowest BCUT2D eigenvalue weighted by molar-refractivity contribution is -0.142. The van der Waals surface area contributed by atoms with Crippen LogP contribution in [0.3, 0.4) is 0 Å². The number of benzene rings is 2. The van der Waals surface area contributed by atoms with Gasteiger partial charge in [-0.25, -0.2) is 13.4 Å². The molecule has 1 saturated carbocycles. The fourth-order valence-corrected chi connectivity index (χ4v) is 6.53. The molecule has 0 spiro atoms. The van der Waals surface area contributed by atoms with Crippen molar-refractivity contribution >= 4 is 32.7 Å². The molecule has 2 aromatic carbocycles. The lowest BCUT2D eigenvalue weighted by atomic mass is 10.1. The number of nitrogens with zero attached hydrogens (tertiary/aromatic N) is 4. The summed E-state index contributed by atoms with van der Waals surface area (Å²) < 4.78 is 34.8. The highest BCUT2D eigenvalue weighted by atomic mass is 32.2. The summed E-state index contributed by atoms with van der Waals surface area (Å²) in [6.45, 7) is 1.88. The molecule has 0 radical (unpaired) electrons. The molecule has 0 saturated heterocycles. The van der Waals surface area contributed by atoms with Gasteiger partial charge in [0.05, 0.1) is 47.1 Å². The quantitative estimate of drug-likeness (QED) is 0.395. The van der Waals surface area contributed by atoms with E-state index in [1.807, 2.05) is 0 Å². The third kappa shape index (κ3) is 5.83. The van der Waals surface area contributed by atoms with Crippen LogP contribution in [0.5, 0.6) is 0 Å². The van der Waals surface area contributed by atoms with Crippen LogP contribution in [-0.2, 0) is 33.0 Å². The molecule has 4 rings (SSSR count). The first-order valence-corrected chi connectivity index (χ1v) is 14.0. The second-order valence-electron chi connectivity index (χ2n) is 9.19. The summed E-state index contributed by atoms with van der Waals surface area (Å²) in [5.41, 5.74) is 3.03. The van der Waals surface area contributed by atoms with Gasteiger partial charge in [-0.15, -0.1) is 0 Å². The Hall–Kier alpha value is -3.71. The summed E-state index contributed by atoms with van der Waals surface area (Å²) in [4.78, 5) is 29.5. The van der Waals surface area contributed by atoms with Crippen molar-refractivity contribution in [3.63, 3.8) is 0 Å². The first-order valence-electron chi connectivity index (χ1n) is 12.4. The van der Waals surface area contributed by atoms with Crippen molar-refractivity contribution < 1.29 is 17.9 Å². The fraction of sp³-hybridized carbons (Fsp3) is 0.407. The summed E-state index contributed by atoms with van der Waals surface area (Å²) in [7, 11) is -2.15. The van der Waals surface area contributed by atoms with Crippen LogP contribution >= 0.6 is 0 Å². The van der Waals surface area contributed by atoms with Crippen LogP contribution in [0.4, 0.5) is 5.69 Å². The lowest BCUT2D eigenvalue weighted by Crippen LogP contribution is -2.41. The fourth-order valence-electron chi connectivity index (χ4n) is 4.81. The lowest BCUT2D eigenvalue weighted by Gasteiger charge is -2.30. The molecule has 10 heteroatoms. The van der Waals surface area contributed by atoms with Gasteiger partial charge in [0.2, 0.25) is 10.0 Å². The van der Waals surface area contributed by atoms with E-state index < -0.39 is 16.0 Å². The number of aryl methyl sites for hydroxylation is 1. The van der Waals surface area contributed by atoms with E-state index in [0.717, 1.165) is 31.2 Å². The summed E-state index contributed by atoms with van der Waals surface area (Å²) in [5.74, 6) is -0.884. The van der Waals surface area contributed by atoms with Crippen molar-refractivity contribution in [3.8, 4) is 6.07 Å². The normalized spacial score (nSPS) is 14.0. The maximum Gasteiger partial charge on any atom is 0.306 e. The maximum absolute atomic E-state index is 13.5. The number of aromatic nitrogens is 2. The molecule has 1 heterocycles. The molecule has 1 aromatic heterocycles. The maximum atomic E-state index is 13.5. The monoisotopic (exact) mass is 522 g/mol. The molecule has 0 N–H and O–H groups in total. The Morgan fingerprint density at radius 3 is 2.54 bits per heavy atom. The number of rotatable bonds is 9. The highest BCUT2D eigenvalue weighted by molar-refractivity contribution is 7.92. The first kappa shape index (κ1) is 26.4. The van der Waals surface area contributed by atoms with Crippen molar-refractivity contribution in [3.05, 3.63) is 69.6 Å². The Kier molecular flexibility index (Phi) is 7.93. The SMILES string of the molecule is CCOC(=O)CCS(=O)(=O)N(c1ccc2c(c1)nc(Cc1ccc(C#N)cc1)c(=O)n2C)C1CCCC1. The number of sulfonamides is 1. The van der Waals surface area contributed by atoms with E-state index >= 15 is 0 Å². The van der Waals surface area contributed by atoms with Gasteiger partial charge in [0.15, 0.2) is 0 Å². The minimum absolute atomic E-state index is 0.199. The first-order chi connectivity index (χ1) is 17.7. The van der Waals surface area contributed by atoms with Crippen LogP contribution in [0.15, 0.2) is 47.3 Å². The standard InChI is InChI=1S/C27H30N4O5S/c1-3-36-26(32)14-15-37(34,35)31(21-6-4-5-7-21)22-12-13-25-23(17-22)29-24(27(33)30(25)2)16-19-8-10-20(18-28)11-9-19/h8-13,17,21H,3-7,14-16H2,1-2H3. The van der Waals surface area contributed by atoms with Crippen molar-refractivity contribution in [1.29, 1.82) is 5.26 Å². The van der Waals surface area contributed by atoms with Gasteiger partial charge in [0, 0.05) is 19.5 Å². The van der Waals surface area contributed by atoms with Gasteiger partial charge in [-0.3, -0.25) is 13.9 Å². The van der Waals surface area contributed by atoms with Crippen molar-refractivity contribution in [2.24, 2.45) is 7.05 Å². The van der Waals surface area contributed by atoms with Crippen molar-refractivity contribution in [1.82, 2.24) is 9.55 Å². The van der Waals surface area contributed by atoms with Gasteiger partial charge in [0.1, 0.15) is 5.69 Å². The second kappa shape index (κ2) is 11.1. The van der Waals surface area contributed by atoms with Crippen LogP contribution < -0.4 is 9.86 Å². The van der Waals surface area contributed by atoms with Gasteiger partial charge in [-0.1, -0.05) is 25.0 Å². The molecule has 1 fully saturated rings. The third-order valence-corrected chi connectivity index (χ3v) is 8.49. The van der Waals surface area contributed by atoms with E-state index in [9.17, 15) is 18.0 Å². The molecule has 0 bridgehead atoms. The van der Waals surface area contributed by atoms with Crippen LogP contribution in [-0.4, -0.2) is 42.3 Å². The summed E-state index contributed by atoms with van der Waals surface area (Å²) in [6, 6.07) is 14.0. The van der Waals surface area contributed by atoms with Crippen molar-refractivity contribution in [2.75, 3.05) is 16.7 Å². The van der Waals surface area contributed by atoms with E-state index in [0.29, 0.717) is 28.0 Å². The highest BCUT2D eigenvalue weighted by Crippen LogP contribution is 2.32. The zero-order valence-electron chi connectivity index (χ0n) is 21.0. The van der Waals surface area contributed by atoms with E-state index in [2.05, 4.69) is 11.1 Å². The summed E-state index contributed by atoms with van der Waals surface area (Å²) in [6.07, 6.45) is 3.41. The Balaban J connectivity index is 1.72. The number of anilines is 1. The van der Waals surface area contributed by atoms with E-state index in [-0.39, 0.29) is 36.8 Å². The average Bonchev–Trinajstić information content (AvgIpc) is 3.40. The second-order valence-corrected chi connectivity index (χ2v) is 11.2. The molecule has 1 aliphatic carbocycles. The number of nitriles is 1. The Morgan fingerprint density at radius 1 is 1.19 bits per heavy atom. The molecular formula is C27H30N4O5S. The minimum Gasteiger partial charge on any atom is -0.466 e. The summed E-state index contributed by atoms with van der Waals surface area (Å²) in [5, 5.41) is 9.02. The molecule has 0 atom stereocenters. The third-order valence-electron chi connectivity index (χ3n) is 6.66. The van der Waals surface area contributed by atoms with Gasteiger partial charge in [-0.05, 0) is 55.7 Å². The summed E-state index contributed by atoms with van der Waals surface area (Å²) >= 11 is 0. The minimum atomic E-state index is -3.81. The number of carbonyl (C=O) groups is 1. The van der Waals surface area contributed by atoms with Crippen LogP contribution in [0.25, 0.3) is 11.0 Å². The zero-order valence-corrected chi connectivity index (χ0v) is 21.8. The van der Waals surface area contributed by atoms with Gasteiger partial charge < -0.3 is 9.30 Å². The molecule has 1 aliphatic rings. The Morgan fingerprint density at radius 2 is 1.89 bits per heavy atom. The topological polar surface area (TPSA) is 122 Å². The van der Waals surface area contributed by atoms with Crippen molar-refractivity contribution in [2.45, 2.75) is 51.5 Å². The molecule has 194 valence electrons. The molecule has 37 heavy (non-hydrogen) atoms. The van der Waals surface area contributed by atoms with E-state index in [1.54, 1.807) is 56.4 Å².